The van der Waals surface area contributed by atoms with Gasteiger partial charge in [0.2, 0.25) is 0 Å². The zero-order chi connectivity index (χ0) is 41.7. The third-order valence-corrected chi connectivity index (χ3v) is 12.7. The van der Waals surface area contributed by atoms with Gasteiger partial charge < -0.3 is 5.32 Å². The highest BCUT2D eigenvalue weighted by molar-refractivity contribution is 8.02. The zero-order valence-electron chi connectivity index (χ0n) is 33.9. The van der Waals surface area contributed by atoms with Gasteiger partial charge in [-0.2, -0.15) is 0 Å². The van der Waals surface area contributed by atoms with Crippen molar-refractivity contribution >= 4 is 34.8 Å². The van der Waals surface area contributed by atoms with Crippen LogP contribution in [0.1, 0.15) is 33.5 Å². The molecule has 2 unspecified atom stereocenters. The Morgan fingerprint density at radius 2 is 1.40 bits per heavy atom. The van der Waals surface area contributed by atoms with Crippen LogP contribution in [0.3, 0.4) is 0 Å². The number of amidine groups is 2. The Balaban J connectivity index is 1.08. The van der Waals surface area contributed by atoms with E-state index in [1.165, 1.54) is 22.3 Å². The number of allylic oxidation sites excluding steroid dienone is 8. The molecule has 2 aliphatic carbocycles. The number of fused-ring (bicyclic) bond motifs is 7. The lowest BCUT2D eigenvalue weighted by Crippen LogP contribution is -2.40. The Kier molecular flexibility index (Phi) is 10.8. The predicted molar refractivity (Wildman–Crippen MR) is 257 cm³/mol. The molecule has 6 aromatic rings. The molecule has 1 N–H and O–H groups in total. The quantitative estimate of drug-likeness (QED) is 0.155. The number of benzene rings is 4. The van der Waals surface area contributed by atoms with Gasteiger partial charge >= 0.3 is 0 Å². The SMILES string of the molecule is C=C(N=C(/C=C/C1=C/C=C/C2(c3ccccc3-c3ccccc32)C2C=CC(C3N=C(c4ccccc4)NC(c4ccccc4)=N3)=CC2S\C=C\1)c1cccnc1)c1ccccn1. The van der Waals surface area contributed by atoms with E-state index in [1.54, 1.807) is 12.4 Å². The normalized spacial score (nSPS) is 20.9. The molecular formula is C55H42N6S. The van der Waals surface area contributed by atoms with Crippen molar-refractivity contribution in [2.24, 2.45) is 20.9 Å². The standard InChI is InChI=1S/C55H42N6S/c1-38(49-26-12-13-34-57-49)58-50(43-21-15-33-56-37-43)30-27-39-16-14-32-55(46-24-10-8-22-44(46)45-23-9-11-25-47(45)55)48-29-28-42(36-51(48)62-35-31-39)54-60-52(40-17-4-2-5-18-40)59-53(61-54)41-19-6-3-7-20-41/h2-37,48,51,54H,1H2,(H,59,60,61)/b30-27+,32-14+,35-31+,39-16-,58-50?. The summed E-state index contributed by atoms with van der Waals surface area (Å²) < 4.78 is 0. The van der Waals surface area contributed by atoms with Crippen molar-refractivity contribution < 1.29 is 0 Å². The minimum absolute atomic E-state index is 0.0355. The number of nitrogens with zero attached hydrogens (tertiary/aromatic N) is 5. The molecule has 4 heterocycles. The van der Waals surface area contributed by atoms with E-state index < -0.39 is 11.6 Å². The predicted octanol–water partition coefficient (Wildman–Crippen LogP) is 11.5. The number of thioether (sulfide) groups is 1. The van der Waals surface area contributed by atoms with E-state index in [4.69, 9.17) is 15.0 Å². The fraction of sp³-hybridized carbons (Fsp3) is 0.0727. The Bertz CT molecular complexity index is 2820. The molecule has 4 aliphatic rings. The van der Waals surface area contributed by atoms with Gasteiger partial charge in [0.1, 0.15) is 11.7 Å². The average molecular weight is 819 g/mol. The van der Waals surface area contributed by atoms with Crippen molar-refractivity contribution in [1.29, 1.82) is 0 Å². The molecule has 7 heteroatoms. The highest BCUT2D eigenvalue weighted by Gasteiger charge is 2.49. The van der Waals surface area contributed by atoms with Crippen LogP contribution in [0.15, 0.2) is 251 Å². The molecule has 2 aliphatic heterocycles. The fourth-order valence-electron chi connectivity index (χ4n) is 8.73. The third-order valence-electron chi connectivity index (χ3n) is 11.7. The molecule has 0 radical (unpaired) electrons. The van der Waals surface area contributed by atoms with Crippen LogP contribution in [0.5, 0.6) is 0 Å². The summed E-state index contributed by atoms with van der Waals surface area (Å²) in [6.45, 7) is 4.25. The van der Waals surface area contributed by atoms with Crippen LogP contribution in [0.25, 0.3) is 16.8 Å². The van der Waals surface area contributed by atoms with E-state index in [-0.39, 0.29) is 11.2 Å². The summed E-state index contributed by atoms with van der Waals surface area (Å²) >= 11 is 1.83. The number of aliphatic imine (C=N–C) groups is 3. The molecule has 0 saturated carbocycles. The highest BCUT2D eigenvalue weighted by atomic mass is 32.2. The second-order valence-electron chi connectivity index (χ2n) is 15.4. The van der Waals surface area contributed by atoms with Gasteiger partial charge in [-0.25, -0.2) is 15.0 Å². The van der Waals surface area contributed by atoms with Crippen LogP contribution in [0.4, 0.5) is 0 Å². The van der Waals surface area contributed by atoms with Crippen LogP contribution >= 0.6 is 11.8 Å². The Morgan fingerprint density at radius 3 is 2.06 bits per heavy atom. The third kappa shape index (κ3) is 7.59. The molecule has 1 spiro atoms. The number of hydrogen-bond acceptors (Lipinski definition) is 7. The van der Waals surface area contributed by atoms with E-state index >= 15 is 0 Å². The first-order valence-electron chi connectivity index (χ1n) is 20.8. The molecule has 62 heavy (non-hydrogen) atoms. The van der Waals surface area contributed by atoms with Crippen molar-refractivity contribution in [3.8, 4) is 11.1 Å². The summed E-state index contributed by atoms with van der Waals surface area (Å²) in [4.78, 5) is 24.3. The van der Waals surface area contributed by atoms with Gasteiger partial charge in [-0.3, -0.25) is 9.97 Å². The number of rotatable bonds is 8. The first kappa shape index (κ1) is 38.7. The molecule has 6 nitrogen and oxygen atoms in total. The maximum atomic E-state index is 5.26. The fourth-order valence-corrected chi connectivity index (χ4v) is 9.85. The molecule has 0 fully saturated rings. The molecule has 298 valence electrons. The van der Waals surface area contributed by atoms with Gasteiger partial charge in [0.25, 0.3) is 0 Å². The molecule has 0 bridgehead atoms. The second-order valence-corrected chi connectivity index (χ2v) is 16.4. The molecule has 2 aromatic heterocycles. The van der Waals surface area contributed by atoms with Gasteiger partial charge in [-0.15, -0.1) is 11.8 Å². The molecule has 0 saturated heterocycles. The van der Waals surface area contributed by atoms with E-state index in [1.807, 2.05) is 90.8 Å². The lowest BCUT2D eigenvalue weighted by atomic mass is 9.65. The van der Waals surface area contributed by atoms with E-state index in [0.717, 1.165) is 50.9 Å². The van der Waals surface area contributed by atoms with E-state index in [9.17, 15) is 0 Å². The summed E-state index contributed by atoms with van der Waals surface area (Å²) in [5.74, 6) is 1.68. The van der Waals surface area contributed by atoms with E-state index in [2.05, 4.69) is 149 Å². The average Bonchev–Trinajstić information content (AvgIpc) is 3.63. The molecule has 4 aromatic carbocycles. The number of aromatic nitrogens is 2. The van der Waals surface area contributed by atoms with Gasteiger partial charge in [-0.1, -0.05) is 164 Å². The summed E-state index contributed by atoms with van der Waals surface area (Å²) in [5, 5.41) is 5.82. The van der Waals surface area contributed by atoms with Crippen molar-refractivity contribution in [1.82, 2.24) is 15.3 Å². The van der Waals surface area contributed by atoms with Gasteiger partial charge in [0, 0.05) is 51.9 Å². The van der Waals surface area contributed by atoms with Gasteiger partial charge in [-0.05, 0) is 75.2 Å². The van der Waals surface area contributed by atoms with Crippen LogP contribution in [-0.4, -0.2) is 38.8 Å². The van der Waals surface area contributed by atoms with E-state index in [0.29, 0.717) is 5.70 Å². The van der Waals surface area contributed by atoms with Crippen molar-refractivity contribution in [2.45, 2.75) is 16.8 Å². The monoisotopic (exact) mass is 818 g/mol. The maximum absolute atomic E-state index is 5.26. The van der Waals surface area contributed by atoms with Crippen LogP contribution in [0.2, 0.25) is 0 Å². The molecular weight excluding hydrogens is 777 g/mol. The number of pyridine rings is 2. The van der Waals surface area contributed by atoms with Crippen LogP contribution in [0, 0.1) is 5.92 Å². The first-order valence-corrected chi connectivity index (χ1v) is 21.7. The summed E-state index contributed by atoms with van der Waals surface area (Å²) in [5.41, 5.74) is 11.7. The van der Waals surface area contributed by atoms with Crippen molar-refractivity contribution in [2.75, 3.05) is 0 Å². The summed E-state index contributed by atoms with van der Waals surface area (Å²) in [7, 11) is 0. The highest BCUT2D eigenvalue weighted by Crippen LogP contribution is 2.57. The van der Waals surface area contributed by atoms with Crippen molar-refractivity contribution in [3.63, 3.8) is 0 Å². The zero-order valence-corrected chi connectivity index (χ0v) is 34.7. The lowest BCUT2D eigenvalue weighted by Gasteiger charge is -2.41. The Labute approximate surface area is 366 Å². The van der Waals surface area contributed by atoms with Crippen LogP contribution in [-0.2, 0) is 5.41 Å². The van der Waals surface area contributed by atoms with Crippen molar-refractivity contribution in [3.05, 3.63) is 269 Å². The number of nitrogens with one attached hydrogen (secondary N) is 1. The largest absolute Gasteiger partial charge is 0.324 e. The molecule has 10 rings (SSSR count). The first-order chi connectivity index (χ1) is 30.6. The lowest BCUT2D eigenvalue weighted by molar-refractivity contribution is 0.478. The van der Waals surface area contributed by atoms with Gasteiger partial charge in [0.05, 0.1) is 17.1 Å². The minimum Gasteiger partial charge on any atom is -0.324 e. The van der Waals surface area contributed by atoms with Gasteiger partial charge in [0.15, 0.2) is 6.17 Å². The minimum atomic E-state index is -0.451. The van der Waals surface area contributed by atoms with Crippen LogP contribution < -0.4 is 5.32 Å². The summed E-state index contributed by atoms with van der Waals surface area (Å²) in [6.07, 6.45) is 25.2. The molecule has 2 atom stereocenters. The molecule has 0 amide bonds. The smallest absolute Gasteiger partial charge is 0.169 e. The maximum Gasteiger partial charge on any atom is 0.169 e. The Morgan fingerprint density at radius 1 is 0.726 bits per heavy atom. The Hall–Kier alpha value is -7.48. The number of hydrogen-bond donors (Lipinski definition) is 1. The second kappa shape index (κ2) is 17.2. The summed E-state index contributed by atoms with van der Waals surface area (Å²) in [6, 6.07) is 48.1. The topological polar surface area (TPSA) is 74.9 Å².